The fraction of sp³-hybridized carbons (Fsp3) is 0.118. The standard InChI is InChI=1S/C17H15ClN4O3S/c1-9(20-17-21-12-4-2-3-5-14(12)26-17)16(25)22-19-8-10-6-11(18)15(24)13(23)7-10/h2-9,23-24H,1H3,(H,20,21)(H,22,25)/b19-8+/t9-/m0/s1. The number of hydrazone groups is 1. The predicted molar refractivity (Wildman–Crippen MR) is 103 cm³/mol. The van der Waals surface area contributed by atoms with E-state index in [4.69, 9.17) is 11.6 Å². The summed E-state index contributed by atoms with van der Waals surface area (Å²) in [5.41, 5.74) is 3.69. The van der Waals surface area contributed by atoms with Gasteiger partial charge in [0.25, 0.3) is 5.91 Å². The number of aromatic hydroxyl groups is 2. The number of phenolic OH excluding ortho intramolecular Hbond substituents is 2. The Balaban J connectivity index is 1.60. The molecule has 3 rings (SSSR count). The molecule has 0 unspecified atom stereocenters. The van der Waals surface area contributed by atoms with Gasteiger partial charge in [-0.1, -0.05) is 35.1 Å². The van der Waals surface area contributed by atoms with Gasteiger partial charge in [-0.2, -0.15) is 5.10 Å². The number of hydrogen-bond donors (Lipinski definition) is 4. The molecule has 1 aromatic heterocycles. The van der Waals surface area contributed by atoms with Crippen molar-refractivity contribution in [1.82, 2.24) is 10.4 Å². The molecule has 0 bridgehead atoms. The number of phenols is 2. The second-order valence-corrected chi connectivity index (χ2v) is 6.90. The summed E-state index contributed by atoms with van der Waals surface area (Å²) in [6.45, 7) is 1.69. The first-order chi connectivity index (χ1) is 12.4. The normalized spacial score (nSPS) is 12.4. The molecule has 2 aromatic carbocycles. The van der Waals surface area contributed by atoms with E-state index in [9.17, 15) is 15.0 Å². The number of nitrogens with one attached hydrogen (secondary N) is 2. The van der Waals surface area contributed by atoms with Crippen LogP contribution in [0.2, 0.25) is 5.02 Å². The Morgan fingerprint density at radius 2 is 2.12 bits per heavy atom. The number of fused-ring (bicyclic) bond motifs is 1. The largest absolute Gasteiger partial charge is 0.504 e. The predicted octanol–water partition coefficient (Wildman–Crippen LogP) is 3.31. The van der Waals surface area contributed by atoms with Crippen molar-refractivity contribution < 1.29 is 15.0 Å². The first kappa shape index (κ1) is 18.0. The molecule has 134 valence electrons. The van der Waals surface area contributed by atoms with Crippen molar-refractivity contribution in [1.29, 1.82) is 0 Å². The molecule has 0 aliphatic rings. The maximum Gasteiger partial charge on any atom is 0.262 e. The summed E-state index contributed by atoms with van der Waals surface area (Å²) >= 11 is 7.22. The van der Waals surface area contributed by atoms with Gasteiger partial charge in [0.2, 0.25) is 0 Å². The van der Waals surface area contributed by atoms with Gasteiger partial charge in [0.1, 0.15) is 6.04 Å². The number of carbonyl (C=O) groups excluding carboxylic acids is 1. The fourth-order valence-corrected chi connectivity index (χ4v) is 3.31. The molecule has 0 spiro atoms. The third-order valence-corrected chi connectivity index (χ3v) is 4.74. The minimum Gasteiger partial charge on any atom is -0.504 e. The van der Waals surface area contributed by atoms with Crippen molar-refractivity contribution in [3.8, 4) is 11.5 Å². The van der Waals surface area contributed by atoms with Crippen LogP contribution in [0.15, 0.2) is 41.5 Å². The summed E-state index contributed by atoms with van der Waals surface area (Å²) in [7, 11) is 0. The summed E-state index contributed by atoms with van der Waals surface area (Å²) in [5, 5.41) is 26.4. The molecule has 0 saturated heterocycles. The van der Waals surface area contributed by atoms with Crippen LogP contribution < -0.4 is 10.7 Å². The Labute approximate surface area is 158 Å². The van der Waals surface area contributed by atoms with Crippen LogP contribution in [0.3, 0.4) is 0 Å². The molecule has 1 atom stereocenters. The van der Waals surface area contributed by atoms with Crippen molar-refractivity contribution in [3.05, 3.63) is 47.0 Å². The number of amides is 1. The van der Waals surface area contributed by atoms with Gasteiger partial charge in [0.15, 0.2) is 16.6 Å². The molecule has 7 nitrogen and oxygen atoms in total. The molecule has 9 heteroatoms. The minimum absolute atomic E-state index is 0.0105. The molecular formula is C17H15ClN4O3S. The zero-order valence-corrected chi connectivity index (χ0v) is 15.2. The molecular weight excluding hydrogens is 376 g/mol. The SMILES string of the molecule is C[C@H](Nc1nc2ccccc2s1)C(=O)N/N=C/c1cc(O)c(O)c(Cl)c1. The monoisotopic (exact) mass is 390 g/mol. The van der Waals surface area contributed by atoms with E-state index < -0.39 is 11.8 Å². The summed E-state index contributed by atoms with van der Waals surface area (Å²) in [6, 6.07) is 9.85. The van der Waals surface area contributed by atoms with Crippen molar-refractivity contribution in [2.75, 3.05) is 5.32 Å². The first-order valence-electron chi connectivity index (χ1n) is 7.60. The highest BCUT2D eigenvalue weighted by Crippen LogP contribution is 2.33. The van der Waals surface area contributed by atoms with E-state index in [1.165, 1.54) is 29.7 Å². The van der Waals surface area contributed by atoms with Crippen LogP contribution in [-0.2, 0) is 4.79 Å². The van der Waals surface area contributed by atoms with Crippen molar-refractivity contribution in [2.45, 2.75) is 13.0 Å². The molecule has 0 aliphatic carbocycles. The molecule has 0 radical (unpaired) electrons. The average Bonchev–Trinajstić information content (AvgIpc) is 3.01. The summed E-state index contributed by atoms with van der Waals surface area (Å²) in [5.74, 6) is -1.12. The Bertz CT molecular complexity index is 933. The van der Waals surface area contributed by atoms with Crippen LogP contribution in [0.4, 0.5) is 5.13 Å². The zero-order chi connectivity index (χ0) is 18.7. The number of para-hydroxylation sites is 1. The smallest absolute Gasteiger partial charge is 0.262 e. The Morgan fingerprint density at radius 3 is 2.85 bits per heavy atom. The van der Waals surface area contributed by atoms with E-state index >= 15 is 0 Å². The van der Waals surface area contributed by atoms with Crippen LogP contribution in [0.1, 0.15) is 12.5 Å². The van der Waals surface area contributed by atoms with Gasteiger partial charge in [0.05, 0.1) is 21.5 Å². The fourth-order valence-electron chi connectivity index (χ4n) is 2.13. The van der Waals surface area contributed by atoms with Crippen LogP contribution in [0.25, 0.3) is 10.2 Å². The molecule has 0 aliphatic heterocycles. The Kier molecular flexibility index (Phi) is 5.24. The molecule has 0 fully saturated rings. The number of halogens is 1. The number of thiazole rings is 1. The third-order valence-electron chi connectivity index (χ3n) is 3.48. The van der Waals surface area contributed by atoms with Gasteiger partial charge in [-0.15, -0.1) is 0 Å². The Morgan fingerprint density at radius 1 is 1.35 bits per heavy atom. The number of hydrogen-bond acceptors (Lipinski definition) is 7. The van der Waals surface area contributed by atoms with E-state index in [0.717, 1.165) is 10.2 Å². The lowest BCUT2D eigenvalue weighted by molar-refractivity contribution is -0.121. The zero-order valence-electron chi connectivity index (χ0n) is 13.6. The lowest BCUT2D eigenvalue weighted by Gasteiger charge is -2.10. The van der Waals surface area contributed by atoms with E-state index in [1.54, 1.807) is 6.92 Å². The number of benzene rings is 2. The average molecular weight is 391 g/mol. The minimum atomic E-state index is -0.551. The van der Waals surface area contributed by atoms with Crippen LogP contribution in [-0.4, -0.2) is 33.4 Å². The number of nitrogens with zero attached hydrogens (tertiary/aromatic N) is 2. The van der Waals surface area contributed by atoms with E-state index in [2.05, 4.69) is 20.8 Å². The maximum absolute atomic E-state index is 12.1. The second kappa shape index (κ2) is 7.59. The maximum atomic E-state index is 12.1. The van der Waals surface area contributed by atoms with Gasteiger partial charge in [-0.25, -0.2) is 10.4 Å². The van der Waals surface area contributed by atoms with Gasteiger partial charge in [0, 0.05) is 0 Å². The lowest BCUT2D eigenvalue weighted by Crippen LogP contribution is -2.34. The van der Waals surface area contributed by atoms with Crippen LogP contribution in [0, 0.1) is 0 Å². The summed E-state index contributed by atoms with van der Waals surface area (Å²) in [6.07, 6.45) is 1.31. The van der Waals surface area contributed by atoms with Gasteiger partial charge >= 0.3 is 0 Å². The number of rotatable bonds is 5. The van der Waals surface area contributed by atoms with E-state index in [0.29, 0.717) is 10.7 Å². The number of carbonyl (C=O) groups is 1. The molecule has 1 amide bonds. The number of aromatic nitrogens is 1. The topological polar surface area (TPSA) is 107 Å². The lowest BCUT2D eigenvalue weighted by atomic mass is 10.2. The third kappa shape index (κ3) is 4.04. The van der Waals surface area contributed by atoms with E-state index in [1.807, 2.05) is 24.3 Å². The summed E-state index contributed by atoms with van der Waals surface area (Å²) in [4.78, 5) is 16.5. The van der Waals surface area contributed by atoms with Crippen LogP contribution in [0.5, 0.6) is 11.5 Å². The van der Waals surface area contributed by atoms with Gasteiger partial charge < -0.3 is 15.5 Å². The van der Waals surface area contributed by atoms with Crippen molar-refractivity contribution in [2.24, 2.45) is 5.10 Å². The molecule has 0 saturated carbocycles. The highest BCUT2D eigenvalue weighted by Gasteiger charge is 2.14. The van der Waals surface area contributed by atoms with Crippen LogP contribution >= 0.6 is 22.9 Å². The second-order valence-electron chi connectivity index (χ2n) is 5.46. The number of anilines is 1. The first-order valence-corrected chi connectivity index (χ1v) is 8.80. The van der Waals surface area contributed by atoms with Crippen molar-refractivity contribution >= 4 is 50.4 Å². The van der Waals surface area contributed by atoms with Crippen molar-refractivity contribution in [3.63, 3.8) is 0 Å². The quantitative estimate of drug-likeness (QED) is 0.304. The summed E-state index contributed by atoms with van der Waals surface area (Å²) < 4.78 is 1.03. The van der Waals surface area contributed by atoms with E-state index in [-0.39, 0.29) is 16.7 Å². The highest BCUT2D eigenvalue weighted by molar-refractivity contribution is 7.22. The molecule has 3 aromatic rings. The highest BCUT2D eigenvalue weighted by atomic mass is 35.5. The molecule has 26 heavy (non-hydrogen) atoms. The van der Waals surface area contributed by atoms with Gasteiger partial charge in [-0.3, -0.25) is 4.79 Å². The molecule has 4 N–H and O–H groups in total. The molecule has 1 heterocycles. The van der Waals surface area contributed by atoms with Gasteiger partial charge in [-0.05, 0) is 36.8 Å². The Hall–Kier alpha value is -2.84.